The molecule has 0 aliphatic rings. The monoisotopic (exact) mass is 368 g/mol. The Morgan fingerprint density at radius 1 is 1.23 bits per heavy atom. The van der Waals surface area contributed by atoms with Crippen molar-refractivity contribution < 1.29 is 9.18 Å². The van der Waals surface area contributed by atoms with Crippen LogP contribution in [0.2, 0.25) is 5.02 Å². The van der Waals surface area contributed by atoms with E-state index in [1.807, 2.05) is 12.1 Å². The van der Waals surface area contributed by atoms with Gasteiger partial charge in [-0.3, -0.25) is 4.79 Å². The molecule has 4 rings (SSSR count). The first-order valence-corrected chi connectivity index (χ1v) is 8.33. The summed E-state index contributed by atoms with van der Waals surface area (Å²) in [5, 5.41) is 8.49. The van der Waals surface area contributed by atoms with E-state index in [0.29, 0.717) is 16.4 Å². The third-order valence-electron chi connectivity index (χ3n) is 4.04. The summed E-state index contributed by atoms with van der Waals surface area (Å²) in [4.78, 5) is 15.5. The Morgan fingerprint density at radius 2 is 2.12 bits per heavy atom. The first-order chi connectivity index (χ1) is 12.6. The molecular formula is C19H14ClFN4O. The van der Waals surface area contributed by atoms with Crippen LogP contribution in [0.3, 0.4) is 0 Å². The zero-order valence-electron chi connectivity index (χ0n) is 13.5. The average molecular weight is 369 g/mol. The Labute approximate surface area is 153 Å². The SMILES string of the molecule is O=C(Cc1c[nH]c2cc(F)ccc12)Nc1ccnn1-c1cccc(Cl)c1. The van der Waals surface area contributed by atoms with Crippen LogP contribution in [0.5, 0.6) is 0 Å². The Morgan fingerprint density at radius 3 is 2.96 bits per heavy atom. The Hall–Kier alpha value is -3.12. The van der Waals surface area contributed by atoms with E-state index in [-0.39, 0.29) is 18.1 Å². The lowest BCUT2D eigenvalue weighted by Gasteiger charge is -2.09. The van der Waals surface area contributed by atoms with Gasteiger partial charge >= 0.3 is 0 Å². The van der Waals surface area contributed by atoms with Gasteiger partial charge in [0, 0.05) is 28.2 Å². The van der Waals surface area contributed by atoms with Gasteiger partial charge in [-0.15, -0.1) is 0 Å². The predicted molar refractivity (Wildman–Crippen MR) is 99.2 cm³/mol. The van der Waals surface area contributed by atoms with E-state index in [9.17, 15) is 9.18 Å². The van der Waals surface area contributed by atoms with Gasteiger partial charge < -0.3 is 10.3 Å². The van der Waals surface area contributed by atoms with Gasteiger partial charge in [-0.25, -0.2) is 9.07 Å². The number of nitrogens with one attached hydrogen (secondary N) is 2. The van der Waals surface area contributed by atoms with Crippen LogP contribution in [0.15, 0.2) is 60.9 Å². The predicted octanol–water partition coefficient (Wildman–Crippen LogP) is 4.33. The average Bonchev–Trinajstić information content (AvgIpc) is 3.22. The quantitative estimate of drug-likeness (QED) is 0.563. The molecule has 0 radical (unpaired) electrons. The summed E-state index contributed by atoms with van der Waals surface area (Å²) in [6, 6.07) is 13.4. The van der Waals surface area contributed by atoms with Gasteiger partial charge in [0.05, 0.1) is 18.3 Å². The van der Waals surface area contributed by atoms with Crippen molar-refractivity contribution in [2.75, 3.05) is 5.32 Å². The molecule has 0 atom stereocenters. The number of nitrogens with zero attached hydrogens (tertiary/aromatic N) is 2. The highest BCUT2D eigenvalue weighted by Gasteiger charge is 2.12. The van der Waals surface area contributed by atoms with Crippen LogP contribution in [0.1, 0.15) is 5.56 Å². The molecule has 2 heterocycles. The molecule has 2 aromatic carbocycles. The number of fused-ring (bicyclic) bond motifs is 1. The molecule has 0 saturated heterocycles. The number of anilines is 1. The van der Waals surface area contributed by atoms with Crippen molar-refractivity contribution in [1.29, 1.82) is 0 Å². The highest BCUT2D eigenvalue weighted by molar-refractivity contribution is 6.30. The molecule has 0 aliphatic carbocycles. The van der Waals surface area contributed by atoms with Crippen molar-refractivity contribution >= 4 is 34.2 Å². The van der Waals surface area contributed by atoms with Crippen molar-refractivity contribution in [3.8, 4) is 5.69 Å². The van der Waals surface area contributed by atoms with Gasteiger partial charge in [0.2, 0.25) is 5.91 Å². The maximum Gasteiger partial charge on any atom is 0.230 e. The van der Waals surface area contributed by atoms with Crippen molar-refractivity contribution in [2.24, 2.45) is 0 Å². The second kappa shape index (κ2) is 6.65. The first-order valence-electron chi connectivity index (χ1n) is 7.95. The number of rotatable bonds is 4. The summed E-state index contributed by atoms with van der Waals surface area (Å²) >= 11 is 6.02. The highest BCUT2D eigenvalue weighted by Crippen LogP contribution is 2.21. The fraction of sp³-hybridized carbons (Fsp3) is 0.0526. The number of amides is 1. The second-order valence-corrected chi connectivity index (χ2v) is 6.27. The number of H-pyrrole nitrogens is 1. The molecule has 0 spiro atoms. The maximum absolute atomic E-state index is 13.3. The van der Waals surface area contributed by atoms with Gasteiger partial charge in [0.15, 0.2) is 0 Å². The lowest BCUT2D eigenvalue weighted by Crippen LogP contribution is -2.17. The van der Waals surface area contributed by atoms with Crippen LogP contribution in [-0.4, -0.2) is 20.7 Å². The molecule has 7 heteroatoms. The molecule has 26 heavy (non-hydrogen) atoms. The van der Waals surface area contributed by atoms with Gasteiger partial charge in [-0.2, -0.15) is 5.10 Å². The van der Waals surface area contributed by atoms with Crippen LogP contribution < -0.4 is 5.32 Å². The van der Waals surface area contributed by atoms with E-state index in [1.54, 1.807) is 41.3 Å². The van der Waals surface area contributed by atoms with Crippen LogP contribution in [-0.2, 0) is 11.2 Å². The fourth-order valence-corrected chi connectivity index (χ4v) is 3.06. The maximum atomic E-state index is 13.3. The molecule has 2 aromatic heterocycles. The number of halogens is 2. The zero-order chi connectivity index (χ0) is 18.1. The summed E-state index contributed by atoms with van der Waals surface area (Å²) in [5.41, 5.74) is 2.21. The van der Waals surface area contributed by atoms with Crippen molar-refractivity contribution in [1.82, 2.24) is 14.8 Å². The number of carbonyl (C=O) groups excluding carboxylic acids is 1. The third-order valence-corrected chi connectivity index (χ3v) is 4.28. The van der Waals surface area contributed by atoms with E-state index >= 15 is 0 Å². The number of hydrogen-bond donors (Lipinski definition) is 2. The molecule has 2 N–H and O–H groups in total. The van der Waals surface area contributed by atoms with E-state index in [2.05, 4.69) is 15.4 Å². The van der Waals surface area contributed by atoms with Gasteiger partial charge in [0.25, 0.3) is 0 Å². The lowest BCUT2D eigenvalue weighted by atomic mass is 10.1. The van der Waals surface area contributed by atoms with Crippen LogP contribution >= 0.6 is 11.6 Å². The van der Waals surface area contributed by atoms with Crippen molar-refractivity contribution in [2.45, 2.75) is 6.42 Å². The molecule has 0 saturated carbocycles. The third kappa shape index (κ3) is 3.19. The highest BCUT2D eigenvalue weighted by atomic mass is 35.5. The van der Waals surface area contributed by atoms with Crippen LogP contribution in [0.25, 0.3) is 16.6 Å². The normalized spacial score (nSPS) is 11.0. The Bertz CT molecular complexity index is 1100. The molecule has 130 valence electrons. The summed E-state index contributed by atoms with van der Waals surface area (Å²) in [6.45, 7) is 0. The number of carbonyl (C=O) groups is 1. The Kier molecular flexibility index (Phi) is 4.18. The second-order valence-electron chi connectivity index (χ2n) is 5.84. The van der Waals surface area contributed by atoms with E-state index < -0.39 is 0 Å². The standard InChI is InChI=1S/C19H14ClFN4O/c20-13-2-1-3-15(9-13)25-18(6-7-23-25)24-19(26)8-12-11-22-17-10-14(21)4-5-16(12)17/h1-7,9-11,22H,8H2,(H,24,26). The first kappa shape index (κ1) is 16.4. The van der Waals surface area contributed by atoms with Gasteiger partial charge in [0.1, 0.15) is 11.6 Å². The zero-order valence-corrected chi connectivity index (χ0v) is 14.3. The lowest BCUT2D eigenvalue weighted by molar-refractivity contribution is -0.115. The van der Waals surface area contributed by atoms with Crippen LogP contribution in [0, 0.1) is 5.82 Å². The van der Waals surface area contributed by atoms with Crippen molar-refractivity contribution in [3.63, 3.8) is 0 Å². The molecule has 0 aliphatic heterocycles. The summed E-state index contributed by atoms with van der Waals surface area (Å²) in [5.74, 6) is 0.0305. The summed E-state index contributed by atoms with van der Waals surface area (Å²) < 4.78 is 14.9. The van der Waals surface area contributed by atoms with E-state index in [1.165, 1.54) is 12.1 Å². The molecule has 0 bridgehead atoms. The van der Waals surface area contributed by atoms with E-state index in [4.69, 9.17) is 11.6 Å². The number of aromatic amines is 1. The minimum Gasteiger partial charge on any atom is -0.361 e. The number of benzene rings is 2. The molecule has 0 fully saturated rings. The fourth-order valence-electron chi connectivity index (χ4n) is 2.88. The molecule has 0 unspecified atom stereocenters. The molecule has 1 amide bonds. The summed E-state index contributed by atoms with van der Waals surface area (Å²) in [6.07, 6.45) is 3.48. The number of hydrogen-bond acceptors (Lipinski definition) is 2. The Balaban J connectivity index is 1.55. The summed E-state index contributed by atoms with van der Waals surface area (Å²) in [7, 11) is 0. The van der Waals surface area contributed by atoms with Crippen LogP contribution in [0.4, 0.5) is 10.2 Å². The van der Waals surface area contributed by atoms with Gasteiger partial charge in [-0.1, -0.05) is 17.7 Å². The molecular weight excluding hydrogens is 355 g/mol. The topological polar surface area (TPSA) is 62.7 Å². The van der Waals surface area contributed by atoms with Gasteiger partial charge in [-0.05, 0) is 42.0 Å². The van der Waals surface area contributed by atoms with Crippen molar-refractivity contribution in [3.05, 3.63) is 77.3 Å². The molecule has 5 nitrogen and oxygen atoms in total. The van der Waals surface area contributed by atoms with E-state index in [0.717, 1.165) is 16.6 Å². The largest absolute Gasteiger partial charge is 0.361 e. The number of aromatic nitrogens is 3. The minimum atomic E-state index is -0.319. The smallest absolute Gasteiger partial charge is 0.230 e. The minimum absolute atomic E-state index is 0.159. The molecule has 4 aromatic rings.